The van der Waals surface area contributed by atoms with Gasteiger partial charge in [-0.25, -0.2) is 5.48 Å². The van der Waals surface area contributed by atoms with Gasteiger partial charge in [0.05, 0.1) is 12.6 Å². The lowest BCUT2D eigenvalue weighted by Crippen LogP contribution is -2.51. The van der Waals surface area contributed by atoms with E-state index in [0.29, 0.717) is 18.2 Å². The minimum atomic E-state index is -1.28. The molecule has 9 heteroatoms. The normalized spacial score (nSPS) is 22.3. The summed E-state index contributed by atoms with van der Waals surface area (Å²) in [6, 6.07) is 13.4. The SMILES string of the molecule is C[C@@H](O)[C@H](NC(=O)c1ccc(-c2ccc(NC(=O)CNC3C[C@@H]4CC[C@H]3C4)cc2)cc1)C(=O)NO. The minimum Gasteiger partial charge on any atom is -0.391 e. The van der Waals surface area contributed by atoms with E-state index in [-0.39, 0.29) is 5.91 Å². The highest BCUT2D eigenvalue weighted by Gasteiger charge is 2.39. The largest absolute Gasteiger partial charge is 0.391 e. The number of carbonyl (C=O) groups is 3. The van der Waals surface area contributed by atoms with Crippen molar-refractivity contribution < 1.29 is 24.7 Å². The van der Waals surface area contributed by atoms with Gasteiger partial charge in [0.1, 0.15) is 6.04 Å². The van der Waals surface area contributed by atoms with Crippen LogP contribution in [0.5, 0.6) is 0 Å². The summed E-state index contributed by atoms with van der Waals surface area (Å²) in [4.78, 5) is 36.4. The zero-order chi connectivity index (χ0) is 24.9. The summed E-state index contributed by atoms with van der Waals surface area (Å²) in [5.74, 6) is 0.0534. The van der Waals surface area contributed by atoms with E-state index in [1.165, 1.54) is 38.1 Å². The maximum atomic E-state index is 12.4. The van der Waals surface area contributed by atoms with Gasteiger partial charge in [0.2, 0.25) is 5.91 Å². The first-order valence-corrected chi connectivity index (χ1v) is 12.0. The molecule has 2 aliphatic rings. The highest BCUT2D eigenvalue weighted by atomic mass is 16.5. The number of amides is 3. The molecule has 2 aliphatic carbocycles. The molecule has 186 valence electrons. The predicted octanol–water partition coefficient (Wildman–Crippen LogP) is 2.05. The van der Waals surface area contributed by atoms with Crippen LogP contribution in [0.15, 0.2) is 48.5 Å². The molecule has 0 aliphatic heterocycles. The van der Waals surface area contributed by atoms with Crippen molar-refractivity contribution >= 4 is 23.4 Å². The van der Waals surface area contributed by atoms with Crippen LogP contribution in [0.2, 0.25) is 0 Å². The van der Waals surface area contributed by atoms with Gasteiger partial charge in [-0.15, -0.1) is 0 Å². The second-order valence-electron chi connectivity index (χ2n) is 9.53. The highest BCUT2D eigenvalue weighted by molar-refractivity contribution is 5.98. The summed E-state index contributed by atoms with van der Waals surface area (Å²) >= 11 is 0. The summed E-state index contributed by atoms with van der Waals surface area (Å²) in [7, 11) is 0. The second kappa shape index (κ2) is 11.0. The average molecular weight is 481 g/mol. The molecule has 6 N–H and O–H groups in total. The van der Waals surface area contributed by atoms with Crippen molar-refractivity contribution in [2.24, 2.45) is 11.8 Å². The van der Waals surface area contributed by atoms with Crippen molar-refractivity contribution in [3.63, 3.8) is 0 Å². The smallest absolute Gasteiger partial charge is 0.268 e. The summed E-state index contributed by atoms with van der Waals surface area (Å²) in [6.45, 7) is 1.65. The monoisotopic (exact) mass is 480 g/mol. The number of fused-ring (bicyclic) bond motifs is 2. The molecule has 4 rings (SSSR count). The van der Waals surface area contributed by atoms with Crippen LogP contribution in [0.3, 0.4) is 0 Å². The number of hydrogen-bond acceptors (Lipinski definition) is 6. The number of aliphatic hydroxyl groups excluding tert-OH is 1. The Balaban J connectivity index is 1.29. The molecular formula is C26H32N4O5. The first-order chi connectivity index (χ1) is 16.8. The lowest BCUT2D eigenvalue weighted by molar-refractivity contribution is -0.133. The molecule has 5 atom stereocenters. The fraction of sp³-hybridized carbons (Fsp3) is 0.423. The molecule has 2 aromatic carbocycles. The van der Waals surface area contributed by atoms with Gasteiger partial charge in [-0.1, -0.05) is 30.7 Å². The van der Waals surface area contributed by atoms with E-state index in [2.05, 4.69) is 16.0 Å². The minimum absolute atomic E-state index is 0.0544. The number of benzene rings is 2. The number of nitrogens with one attached hydrogen (secondary N) is 4. The molecule has 1 unspecified atom stereocenters. The second-order valence-corrected chi connectivity index (χ2v) is 9.53. The molecular weight excluding hydrogens is 448 g/mol. The van der Waals surface area contributed by atoms with Crippen molar-refractivity contribution in [1.82, 2.24) is 16.1 Å². The van der Waals surface area contributed by atoms with Crippen LogP contribution >= 0.6 is 0 Å². The van der Waals surface area contributed by atoms with Crippen molar-refractivity contribution in [1.29, 1.82) is 0 Å². The van der Waals surface area contributed by atoms with Crippen LogP contribution in [0, 0.1) is 11.8 Å². The maximum Gasteiger partial charge on any atom is 0.268 e. The van der Waals surface area contributed by atoms with Crippen molar-refractivity contribution in [3.05, 3.63) is 54.1 Å². The Morgan fingerprint density at radius 2 is 1.63 bits per heavy atom. The third kappa shape index (κ3) is 6.05. The number of hydrogen-bond donors (Lipinski definition) is 6. The molecule has 35 heavy (non-hydrogen) atoms. The Bertz CT molecular complexity index is 1050. The van der Waals surface area contributed by atoms with Crippen molar-refractivity contribution in [3.8, 4) is 11.1 Å². The van der Waals surface area contributed by atoms with Crippen molar-refractivity contribution in [2.45, 2.75) is 50.8 Å². The molecule has 3 amide bonds. The highest BCUT2D eigenvalue weighted by Crippen LogP contribution is 2.44. The van der Waals surface area contributed by atoms with Gasteiger partial charge in [-0.3, -0.25) is 19.6 Å². The van der Waals surface area contributed by atoms with E-state index >= 15 is 0 Å². The first kappa shape index (κ1) is 24.8. The van der Waals surface area contributed by atoms with Crippen LogP contribution in [-0.4, -0.2) is 52.8 Å². The topological polar surface area (TPSA) is 140 Å². The lowest BCUT2D eigenvalue weighted by atomic mass is 9.95. The summed E-state index contributed by atoms with van der Waals surface area (Å²) in [5, 5.41) is 27.2. The van der Waals surface area contributed by atoms with Gasteiger partial charge in [0, 0.05) is 17.3 Å². The van der Waals surface area contributed by atoms with Crippen molar-refractivity contribution in [2.75, 3.05) is 11.9 Å². The van der Waals surface area contributed by atoms with Crippen LogP contribution in [0.25, 0.3) is 11.1 Å². The summed E-state index contributed by atoms with van der Waals surface area (Å²) in [6.07, 6.45) is 3.92. The Morgan fingerprint density at radius 3 is 2.17 bits per heavy atom. The molecule has 0 radical (unpaired) electrons. The molecule has 2 saturated carbocycles. The Kier molecular flexibility index (Phi) is 7.80. The van der Waals surface area contributed by atoms with Gasteiger partial charge >= 0.3 is 0 Å². The molecule has 0 saturated heterocycles. The summed E-state index contributed by atoms with van der Waals surface area (Å²) in [5.41, 5.74) is 4.24. The van der Waals surface area contributed by atoms with Crippen LogP contribution < -0.4 is 21.4 Å². The van der Waals surface area contributed by atoms with Gasteiger partial charge in [0.15, 0.2) is 0 Å². The predicted molar refractivity (Wildman–Crippen MR) is 131 cm³/mol. The fourth-order valence-corrected chi connectivity index (χ4v) is 5.18. The first-order valence-electron chi connectivity index (χ1n) is 12.0. The zero-order valence-electron chi connectivity index (χ0n) is 19.7. The van der Waals surface area contributed by atoms with Gasteiger partial charge < -0.3 is 21.1 Å². The number of carbonyl (C=O) groups excluding carboxylic acids is 3. The zero-order valence-corrected chi connectivity index (χ0v) is 19.7. The van der Waals surface area contributed by atoms with Gasteiger partial charge in [-0.2, -0.15) is 0 Å². The standard InChI is InChI=1S/C26H32N4O5/c1-15(31)24(26(34)30-35)29-25(33)19-6-4-17(5-7-19)18-8-10-21(11-9-18)28-23(32)14-27-22-13-16-2-3-20(22)12-16/h4-11,15-16,20,22,24,27,31,35H,2-3,12-14H2,1H3,(H,28,32)(H,29,33)(H,30,34)/t15-,16-,20+,22?,24+/m1/s1. The number of rotatable bonds is 9. The molecule has 2 fully saturated rings. The molecule has 0 spiro atoms. The molecule has 9 nitrogen and oxygen atoms in total. The van der Waals surface area contributed by atoms with E-state index in [1.54, 1.807) is 24.3 Å². The Morgan fingerprint density at radius 1 is 0.971 bits per heavy atom. The molecule has 2 aromatic rings. The third-order valence-corrected chi connectivity index (χ3v) is 7.07. The summed E-state index contributed by atoms with van der Waals surface area (Å²) < 4.78 is 0. The number of hydroxylamine groups is 1. The van der Waals surface area contributed by atoms with E-state index in [4.69, 9.17) is 5.21 Å². The van der Waals surface area contributed by atoms with E-state index in [1.807, 2.05) is 24.3 Å². The molecule has 0 heterocycles. The fourth-order valence-electron chi connectivity index (χ4n) is 5.18. The average Bonchev–Trinajstić information content (AvgIpc) is 3.49. The quantitative estimate of drug-likeness (QED) is 0.240. The van der Waals surface area contributed by atoms with E-state index < -0.39 is 24.0 Å². The Hall–Kier alpha value is -3.27. The van der Waals surface area contributed by atoms with Crippen LogP contribution in [-0.2, 0) is 9.59 Å². The van der Waals surface area contributed by atoms with Crippen LogP contribution in [0.1, 0.15) is 43.0 Å². The number of anilines is 1. The maximum absolute atomic E-state index is 12.4. The number of aliphatic hydroxyl groups is 1. The van der Waals surface area contributed by atoms with E-state index in [9.17, 15) is 19.5 Å². The van der Waals surface area contributed by atoms with Crippen LogP contribution in [0.4, 0.5) is 5.69 Å². The van der Waals surface area contributed by atoms with E-state index in [0.717, 1.165) is 28.7 Å². The molecule has 2 bridgehead atoms. The Labute approximate surface area is 204 Å². The molecule has 0 aromatic heterocycles. The van der Waals surface area contributed by atoms with Gasteiger partial charge in [0.25, 0.3) is 11.8 Å². The van der Waals surface area contributed by atoms with Gasteiger partial charge in [-0.05, 0) is 73.4 Å². The lowest BCUT2D eigenvalue weighted by Gasteiger charge is -2.22. The third-order valence-electron chi connectivity index (χ3n) is 7.07.